The van der Waals surface area contributed by atoms with E-state index in [9.17, 15) is 10.1 Å². The Morgan fingerprint density at radius 2 is 1.84 bits per heavy atom. The molecule has 0 unspecified atom stereocenters. The van der Waals surface area contributed by atoms with Gasteiger partial charge in [-0.3, -0.25) is 4.79 Å². The van der Waals surface area contributed by atoms with Gasteiger partial charge in [0, 0.05) is 56.0 Å². The molecule has 5 rings (SSSR count). The van der Waals surface area contributed by atoms with Gasteiger partial charge in [-0.2, -0.15) is 5.26 Å². The van der Waals surface area contributed by atoms with Gasteiger partial charge in [0.2, 0.25) is 0 Å². The quantitative estimate of drug-likeness (QED) is 0.664. The van der Waals surface area contributed by atoms with Crippen LogP contribution in [0.1, 0.15) is 24.6 Å². The molecule has 164 valence electrons. The fourth-order valence-corrected chi connectivity index (χ4v) is 3.95. The summed E-state index contributed by atoms with van der Waals surface area (Å²) in [4.78, 5) is 17.3. The summed E-state index contributed by atoms with van der Waals surface area (Å²) in [5.41, 5.74) is 3.53. The standard InChI is InChI=1S/C25H25N5O2.H2/c1-29-11-13-30(14-12-29)21-7-5-18(6-8-21)22-16-23(32-28-22)19-3-2-4-20(15-19)24(31)27-25(17-26)9-10-25;/h2-8,15-16H,9-14H2,1H3,(H,27,31);1H. The Balaban J connectivity index is 0.00000259. The fourth-order valence-electron chi connectivity index (χ4n) is 3.95. The lowest BCUT2D eigenvalue weighted by Gasteiger charge is -2.34. The number of aromatic nitrogens is 1. The minimum absolute atomic E-state index is 0. The van der Waals surface area contributed by atoms with E-state index in [-0.39, 0.29) is 7.33 Å². The van der Waals surface area contributed by atoms with E-state index in [1.54, 1.807) is 12.1 Å². The number of carbonyl (C=O) groups excluding carboxylic acids is 1. The molecule has 32 heavy (non-hydrogen) atoms. The van der Waals surface area contributed by atoms with Crippen molar-refractivity contribution in [2.24, 2.45) is 0 Å². The molecular weight excluding hydrogens is 402 g/mol. The molecule has 1 aromatic heterocycles. The average Bonchev–Trinajstić information content (AvgIpc) is 3.43. The molecule has 0 radical (unpaired) electrons. The third kappa shape index (κ3) is 4.10. The van der Waals surface area contributed by atoms with E-state index >= 15 is 0 Å². The molecule has 0 bridgehead atoms. The topological polar surface area (TPSA) is 85.4 Å². The maximum absolute atomic E-state index is 12.5. The number of benzene rings is 2. The first kappa shape index (κ1) is 20.3. The van der Waals surface area contributed by atoms with E-state index in [4.69, 9.17) is 4.52 Å². The number of likely N-dealkylation sites (N-methyl/N-ethyl adjacent to an activating group) is 1. The van der Waals surface area contributed by atoms with Crippen LogP contribution in [0.5, 0.6) is 0 Å². The van der Waals surface area contributed by atoms with Gasteiger partial charge in [-0.05, 0) is 44.2 Å². The van der Waals surface area contributed by atoms with E-state index in [0.29, 0.717) is 24.2 Å². The molecule has 0 spiro atoms. The van der Waals surface area contributed by atoms with Crippen molar-refractivity contribution < 1.29 is 10.7 Å². The second kappa shape index (κ2) is 8.13. The molecule has 1 saturated carbocycles. The summed E-state index contributed by atoms with van der Waals surface area (Å²) in [6, 6.07) is 19.7. The zero-order chi connectivity index (χ0) is 22.1. The van der Waals surface area contributed by atoms with Crippen LogP contribution in [0.15, 0.2) is 59.1 Å². The van der Waals surface area contributed by atoms with Gasteiger partial charge in [-0.1, -0.05) is 29.4 Å². The number of hydrogen-bond acceptors (Lipinski definition) is 6. The van der Waals surface area contributed by atoms with E-state index in [1.807, 2.05) is 18.2 Å². The fraction of sp³-hybridized carbons (Fsp3) is 0.320. The van der Waals surface area contributed by atoms with Gasteiger partial charge < -0.3 is 19.6 Å². The van der Waals surface area contributed by atoms with Gasteiger partial charge in [0.25, 0.3) is 5.91 Å². The molecule has 7 heteroatoms. The molecule has 0 atom stereocenters. The molecule has 1 aliphatic carbocycles. The molecule has 3 aromatic rings. The van der Waals surface area contributed by atoms with Gasteiger partial charge in [0.15, 0.2) is 5.76 Å². The van der Waals surface area contributed by atoms with Crippen molar-refractivity contribution in [3.8, 4) is 28.7 Å². The molecule has 2 heterocycles. The van der Waals surface area contributed by atoms with Crippen molar-refractivity contribution in [1.29, 1.82) is 5.26 Å². The number of rotatable bonds is 5. The highest BCUT2D eigenvalue weighted by Crippen LogP contribution is 2.35. The molecule has 2 fully saturated rings. The van der Waals surface area contributed by atoms with Crippen molar-refractivity contribution in [2.75, 3.05) is 38.1 Å². The predicted molar refractivity (Wildman–Crippen MR) is 124 cm³/mol. The Labute approximate surface area is 188 Å². The Morgan fingerprint density at radius 1 is 1.09 bits per heavy atom. The van der Waals surface area contributed by atoms with E-state index in [1.165, 1.54) is 5.69 Å². The van der Waals surface area contributed by atoms with Crippen molar-refractivity contribution in [3.05, 3.63) is 60.2 Å². The van der Waals surface area contributed by atoms with Crippen LogP contribution < -0.4 is 10.2 Å². The molecule has 1 N–H and O–H groups in total. The zero-order valence-electron chi connectivity index (χ0n) is 18.0. The summed E-state index contributed by atoms with van der Waals surface area (Å²) in [5.74, 6) is 0.351. The highest BCUT2D eigenvalue weighted by molar-refractivity contribution is 5.96. The summed E-state index contributed by atoms with van der Waals surface area (Å²) in [6.45, 7) is 4.21. The summed E-state index contributed by atoms with van der Waals surface area (Å²) in [6.07, 6.45) is 1.40. The van der Waals surface area contributed by atoms with Gasteiger partial charge in [-0.15, -0.1) is 0 Å². The first-order valence-corrected chi connectivity index (χ1v) is 10.9. The number of amides is 1. The van der Waals surface area contributed by atoms with E-state index < -0.39 is 5.54 Å². The SMILES string of the molecule is CN1CCN(c2ccc(-c3cc(-c4cccc(C(=O)NC5(C#N)CC5)c4)on3)cc2)CC1.[HH]. The molecular formula is C25H27N5O2. The number of carbonyl (C=O) groups is 1. The van der Waals surface area contributed by atoms with Crippen LogP contribution in [0.25, 0.3) is 22.6 Å². The van der Waals surface area contributed by atoms with Crippen LogP contribution in [-0.4, -0.2) is 54.7 Å². The lowest BCUT2D eigenvalue weighted by Crippen LogP contribution is -2.44. The van der Waals surface area contributed by atoms with Crippen molar-refractivity contribution in [3.63, 3.8) is 0 Å². The van der Waals surface area contributed by atoms with Crippen molar-refractivity contribution in [1.82, 2.24) is 15.4 Å². The smallest absolute Gasteiger partial charge is 0.252 e. The molecule has 2 aromatic carbocycles. The Morgan fingerprint density at radius 3 is 2.53 bits per heavy atom. The minimum atomic E-state index is -0.692. The Bertz CT molecular complexity index is 1170. The van der Waals surface area contributed by atoms with E-state index in [2.05, 4.69) is 57.7 Å². The number of anilines is 1. The number of nitrogens with zero attached hydrogens (tertiary/aromatic N) is 4. The molecule has 7 nitrogen and oxygen atoms in total. The Hall–Kier alpha value is -3.63. The molecule has 1 amide bonds. The second-order valence-corrected chi connectivity index (χ2v) is 8.64. The van der Waals surface area contributed by atoms with Gasteiger partial charge in [0.1, 0.15) is 11.2 Å². The lowest BCUT2D eigenvalue weighted by molar-refractivity contribution is 0.0941. The lowest BCUT2D eigenvalue weighted by atomic mass is 10.1. The molecule has 1 saturated heterocycles. The summed E-state index contributed by atoms with van der Waals surface area (Å²) >= 11 is 0. The second-order valence-electron chi connectivity index (χ2n) is 8.64. The van der Waals surface area contributed by atoms with Crippen LogP contribution in [0.3, 0.4) is 0 Å². The van der Waals surface area contributed by atoms with Gasteiger partial charge >= 0.3 is 0 Å². The van der Waals surface area contributed by atoms with Crippen molar-refractivity contribution >= 4 is 11.6 Å². The normalized spacial score (nSPS) is 17.6. The number of hydrogen-bond donors (Lipinski definition) is 1. The highest BCUT2D eigenvalue weighted by Gasteiger charge is 2.44. The van der Waals surface area contributed by atoms with Crippen LogP contribution in [0, 0.1) is 11.3 Å². The first-order valence-electron chi connectivity index (χ1n) is 10.9. The molecule has 1 aliphatic heterocycles. The summed E-state index contributed by atoms with van der Waals surface area (Å²) in [5, 5.41) is 16.3. The third-order valence-corrected chi connectivity index (χ3v) is 6.27. The number of nitriles is 1. The van der Waals surface area contributed by atoms with Crippen LogP contribution in [-0.2, 0) is 0 Å². The maximum Gasteiger partial charge on any atom is 0.252 e. The Kier molecular flexibility index (Phi) is 5.16. The average molecular weight is 430 g/mol. The van der Waals surface area contributed by atoms with E-state index in [0.717, 1.165) is 43.0 Å². The monoisotopic (exact) mass is 429 g/mol. The summed E-state index contributed by atoms with van der Waals surface area (Å²) in [7, 11) is 2.15. The number of piperazine rings is 1. The maximum atomic E-state index is 12.5. The van der Waals surface area contributed by atoms with Crippen LogP contribution in [0.2, 0.25) is 0 Å². The van der Waals surface area contributed by atoms with Gasteiger partial charge in [-0.25, -0.2) is 0 Å². The minimum Gasteiger partial charge on any atom is -0.369 e. The highest BCUT2D eigenvalue weighted by atomic mass is 16.5. The molecule has 2 aliphatic rings. The number of nitrogens with one attached hydrogen (secondary N) is 1. The predicted octanol–water partition coefficient (Wildman–Crippen LogP) is 3.79. The third-order valence-electron chi connectivity index (χ3n) is 6.27. The van der Waals surface area contributed by atoms with Crippen molar-refractivity contribution in [2.45, 2.75) is 18.4 Å². The van der Waals surface area contributed by atoms with Crippen LogP contribution >= 0.6 is 0 Å². The first-order chi connectivity index (χ1) is 15.5. The van der Waals surface area contributed by atoms with Crippen LogP contribution in [0.4, 0.5) is 5.69 Å². The zero-order valence-corrected chi connectivity index (χ0v) is 18.0. The summed E-state index contributed by atoms with van der Waals surface area (Å²) < 4.78 is 5.58. The van der Waals surface area contributed by atoms with Gasteiger partial charge in [0.05, 0.1) is 6.07 Å². The largest absolute Gasteiger partial charge is 0.369 e.